The molecule has 0 atom stereocenters. The Morgan fingerprint density at radius 2 is 1.29 bits per heavy atom. The molecule has 17 heavy (non-hydrogen) atoms. The summed E-state index contributed by atoms with van der Waals surface area (Å²) >= 11 is 0. The number of hydroxylamine groups is 2. The molecule has 1 radical (unpaired) electrons. The Labute approximate surface area is 107 Å². The topological polar surface area (TPSA) is 35.2 Å². The van der Waals surface area contributed by atoms with Gasteiger partial charge in [0.15, 0.2) is 0 Å². The Kier molecular flexibility index (Phi) is 5.42. The van der Waals surface area contributed by atoms with Gasteiger partial charge in [0.2, 0.25) is 0 Å². The summed E-state index contributed by atoms with van der Waals surface area (Å²) < 4.78 is 0. The maximum atomic E-state index is 10.4. The Morgan fingerprint density at radius 3 is 1.53 bits per heavy atom. The van der Waals surface area contributed by atoms with Gasteiger partial charge in [0.05, 0.1) is 0 Å². The zero-order valence-electron chi connectivity index (χ0n) is 12.0. The number of hydrogen-bond donors (Lipinski definition) is 1. The molecule has 0 amide bonds. The van der Waals surface area contributed by atoms with Crippen molar-refractivity contribution in [3.63, 3.8) is 0 Å². The molecule has 2 aliphatic heterocycles. The molecule has 2 heterocycles. The maximum absolute atomic E-state index is 10.4. The summed E-state index contributed by atoms with van der Waals surface area (Å²) in [6.45, 7) is 10.7. The molecule has 0 spiro atoms. The molecule has 3 heteroatoms. The van der Waals surface area contributed by atoms with Crippen molar-refractivity contribution in [2.24, 2.45) is 0 Å². The lowest BCUT2D eigenvalue weighted by molar-refractivity contribution is -0.166. The van der Waals surface area contributed by atoms with Gasteiger partial charge in [-0.15, -0.1) is 5.21 Å². The number of hydrogen-bond acceptors (Lipinski definition) is 2. The fraction of sp³-hybridized carbons (Fsp3) is 1.00. The van der Waals surface area contributed by atoms with Gasteiger partial charge in [-0.1, -0.05) is 6.42 Å². The predicted molar refractivity (Wildman–Crippen MR) is 71.3 cm³/mol. The zero-order valence-corrected chi connectivity index (χ0v) is 12.0. The molecule has 0 bridgehead atoms. The Morgan fingerprint density at radius 1 is 0.824 bits per heavy atom. The second-order valence-corrected chi connectivity index (χ2v) is 6.74. The molecular weight excluding hydrogens is 212 g/mol. The van der Waals surface area contributed by atoms with Crippen LogP contribution in [0.3, 0.4) is 0 Å². The Bertz CT molecular complexity index is 206. The van der Waals surface area contributed by atoms with Crippen molar-refractivity contribution in [2.45, 2.75) is 77.3 Å². The monoisotopic (exact) mass is 241 g/mol. The lowest BCUT2D eigenvalue weighted by Gasteiger charge is -2.42. The summed E-state index contributed by atoms with van der Waals surface area (Å²) in [5.41, 5.74) is 0.726. The number of nitrogens with one attached hydrogen (secondary N) is 1. The summed E-state index contributed by atoms with van der Waals surface area (Å²) in [6.07, 6.45) is 7.45. The van der Waals surface area contributed by atoms with E-state index in [1.54, 1.807) is 0 Å². The van der Waals surface area contributed by atoms with Crippen molar-refractivity contribution >= 4 is 0 Å². The molecule has 2 rings (SSSR count). The summed E-state index contributed by atoms with van der Waals surface area (Å²) in [5.74, 6) is 0. The van der Waals surface area contributed by atoms with Crippen LogP contribution in [0.15, 0.2) is 0 Å². The van der Waals surface area contributed by atoms with E-state index in [-0.39, 0.29) is 0 Å². The first-order chi connectivity index (χ1) is 7.81. The number of rotatable bonds is 0. The quantitative estimate of drug-likeness (QED) is 0.707. The molecular formula is C14H29N2O. The second-order valence-electron chi connectivity index (χ2n) is 6.74. The average molecular weight is 241 g/mol. The van der Waals surface area contributed by atoms with E-state index in [0.29, 0.717) is 11.1 Å². The van der Waals surface area contributed by atoms with E-state index in [9.17, 15) is 5.21 Å². The van der Waals surface area contributed by atoms with Crippen LogP contribution in [0.5, 0.6) is 0 Å². The highest BCUT2D eigenvalue weighted by Crippen LogP contribution is 2.27. The van der Waals surface area contributed by atoms with Gasteiger partial charge >= 0.3 is 0 Å². The summed E-state index contributed by atoms with van der Waals surface area (Å²) in [7, 11) is 0. The van der Waals surface area contributed by atoms with Crippen molar-refractivity contribution in [1.29, 1.82) is 0 Å². The minimum absolute atomic E-state index is 0.363. The van der Waals surface area contributed by atoms with E-state index in [2.05, 4.69) is 33.0 Å². The fourth-order valence-electron chi connectivity index (χ4n) is 2.88. The minimum Gasteiger partial charge on any atom is -0.307 e. The van der Waals surface area contributed by atoms with E-state index in [4.69, 9.17) is 0 Å². The van der Waals surface area contributed by atoms with Crippen LogP contribution in [0.1, 0.15) is 66.2 Å². The summed E-state index contributed by atoms with van der Waals surface area (Å²) in [6, 6.07) is 0. The predicted octanol–water partition coefficient (Wildman–Crippen LogP) is 3.13. The standard InChI is InChI=1S/C9H19N.C5H10NO/c1-8(2)6-5-7-9(3,4)10-8;7-6-4-2-1-3-5-6/h10H,5-7H2,1-4H3;1-5H2. The van der Waals surface area contributed by atoms with Gasteiger partial charge in [0.25, 0.3) is 0 Å². The van der Waals surface area contributed by atoms with Crippen molar-refractivity contribution in [2.75, 3.05) is 13.1 Å². The van der Waals surface area contributed by atoms with Gasteiger partial charge in [0.1, 0.15) is 0 Å². The molecule has 0 aromatic rings. The third kappa shape index (κ3) is 6.39. The molecule has 0 saturated carbocycles. The highest BCUT2D eigenvalue weighted by atomic mass is 16.5. The van der Waals surface area contributed by atoms with Crippen LogP contribution in [-0.2, 0) is 5.21 Å². The van der Waals surface area contributed by atoms with Crippen LogP contribution < -0.4 is 5.32 Å². The molecule has 2 saturated heterocycles. The van der Waals surface area contributed by atoms with Gasteiger partial charge in [-0.3, -0.25) is 0 Å². The van der Waals surface area contributed by atoms with Gasteiger partial charge in [-0.2, -0.15) is 5.06 Å². The Hall–Kier alpha value is -0.120. The summed E-state index contributed by atoms with van der Waals surface area (Å²) in [4.78, 5) is 0. The van der Waals surface area contributed by atoms with Crippen molar-refractivity contribution in [3.05, 3.63) is 0 Å². The lowest BCUT2D eigenvalue weighted by Crippen LogP contribution is -2.55. The van der Waals surface area contributed by atoms with Crippen LogP contribution in [-0.4, -0.2) is 29.2 Å². The molecule has 1 N–H and O–H groups in total. The van der Waals surface area contributed by atoms with Gasteiger partial charge in [-0.25, -0.2) is 0 Å². The highest BCUT2D eigenvalue weighted by Gasteiger charge is 2.31. The molecule has 0 unspecified atom stereocenters. The van der Waals surface area contributed by atoms with Gasteiger partial charge < -0.3 is 5.32 Å². The van der Waals surface area contributed by atoms with Crippen LogP contribution >= 0.6 is 0 Å². The van der Waals surface area contributed by atoms with Crippen LogP contribution in [0.2, 0.25) is 0 Å². The number of nitrogens with zero attached hydrogens (tertiary/aromatic N) is 1. The molecule has 2 fully saturated rings. The van der Waals surface area contributed by atoms with Gasteiger partial charge in [0, 0.05) is 24.2 Å². The van der Waals surface area contributed by atoms with Gasteiger partial charge in [-0.05, 0) is 59.8 Å². The highest BCUT2D eigenvalue weighted by molar-refractivity contribution is 4.92. The third-order valence-corrected chi connectivity index (χ3v) is 3.60. The summed E-state index contributed by atoms with van der Waals surface area (Å²) in [5, 5.41) is 15.2. The van der Waals surface area contributed by atoms with E-state index in [1.165, 1.54) is 25.7 Å². The first kappa shape index (κ1) is 14.9. The fourth-order valence-corrected chi connectivity index (χ4v) is 2.88. The average Bonchev–Trinajstić information content (AvgIpc) is 2.15. The van der Waals surface area contributed by atoms with Crippen molar-refractivity contribution in [3.8, 4) is 0 Å². The normalized spacial score (nSPS) is 28.1. The largest absolute Gasteiger partial charge is 0.307 e. The molecule has 101 valence electrons. The van der Waals surface area contributed by atoms with E-state index in [1.807, 2.05) is 0 Å². The van der Waals surface area contributed by atoms with Crippen LogP contribution in [0.25, 0.3) is 0 Å². The molecule has 0 aliphatic carbocycles. The van der Waals surface area contributed by atoms with E-state index < -0.39 is 0 Å². The number of piperidine rings is 2. The van der Waals surface area contributed by atoms with Crippen molar-refractivity contribution < 1.29 is 5.21 Å². The third-order valence-electron chi connectivity index (χ3n) is 3.60. The smallest absolute Gasteiger partial charge is 0.0271 e. The first-order valence-corrected chi connectivity index (χ1v) is 7.02. The van der Waals surface area contributed by atoms with Crippen molar-refractivity contribution in [1.82, 2.24) is 10.4 Å². The van der Waals surface area contributed by atoms with Crippen LogP contribution in [0.4, 0.5) is 0 Å². The zero-order chi connectivity index (χ0) is 12.9. The molecule has 2 aliphatic rings. The van der Waals surface area contributed by atoms with Crippen LogP contribution in [0, 0.1) is 0 Å². The molecule has 0 aromatic carbocycles. The maximum Gasteiger partial charge on any atom is 0.0271 e. The lowest BCUT2D eigenvalue weighted by atomic mass is 9.83. The first-order valence-electron chi connectivity index (χ1n) is 7.02. The van der Waals surface area contributed by atoms with E-state index in [0.717, 1.165) is 31.0 Å². The second kappa shape index (κ2) is 6.17. The molecule has 3 nitrogen and oxygen atoms in total. The van der Waals surface area contributed by atoms with E-state index >= 15 is 0 Å². The minimum atomic E-state index is 0.363. The SMILES string of the molecule is CC1(C)CCCC(C)(C)N1.[O]N1CCCCC1. The Balaban J connectivity index is 0.000000181. The molecule has 0 aromatic heterocycles.